The predicted molar refractivity (Wildman–Crippen MR) is 90.2 cm³/mol. The van der Waals surface area contributed by atoms with Crippen molar-refractivity contribution in [3.63, 3.8) is 0 Å². The number of benzene rings is 2. The van der Waals surface area contributed by atoms with Gasteiger partial charge in [0.2, 0.25) is 0 Å². The van der Waals surface area contributed by atoms with E-state index in [1.165, 1.54) is 0 Å². The minimum atomic E-state index is -0.360. The summed E-state index contributed by atoms with van der Waals surface area (Å²) in [7, 11) is 0. The Bertz CT molecular complexity index is 704. The van der Waals surface area contributed by atoms with Gasteiger partial charge in [0.05, 0.1) is 0 Å². The Balaban J connectivity index is 2.41. The van der Waals surface area contributed by atoms with Gasteiger partial charge in [-0.3, -0.25) is 0 Å². The second-order valence-corrected chi connectivity index (χ2v) is 7.83. The molecule has 0 unspecified atom stereocenters. The molecule has 0 spiro atoms. The third-order valence-corrected chi connectivity index (χ3v) is 5.51. The van der Waals surface area contributed by atoms with Gasteiger partial charge in [-0.15, -0.1) is 0 Å². The molecule has 0 aliphatic rings. The number of nitrogens with zero attached hydrogens (tertiary/aromatic N) is 2. The summed E-state index contributed by atoms with van der Waals surface area (Å²) in [6.07, 6.45) is 0. The first kappa shape index (κ1) is 17.1. The van der Waals surface area contributed by atoms with E-state index in [1.54, 1.807) is 27.7 Å². The summed E-state index contributed by atoms with van der Waals surface area (Å²) < 4.78 is 2.04. The molecule has 7 heteroatoms. The molecule has 2 aromatic carbocycles. The zero-order chi connectivity index (χ0) is 17.3. The molecule has 2 rings (SSSR count). The van der Waals surface area contributed by atoms with Crippen molar-refractivity contribution in [2.75, 3.05) is 0 Å². The van der Waals surface area contributed by atoms with Crippen LogP contribution >= 0.6 is 0 Å². The van der Waals surface area contributed by atoms with Gasteiger partial charge in [0.1, 0.15) is 0 Å². The first-order valence-corrected chi connectivity index (χ1v) is 8.61. The summed E-state index contributed by atoms with van der Waals surface area (Å²) in [5.74, 6) is 0. The predicted octanol–water partition coefficient (Wildman–Crippen LogP) is 2.39. The van der Waals surface area contributed by atoms with Gasteiger partial charge in [0.25, 0.3) is 0 Å². The molecule has 0 aliphatic heterocycles. The van der Waals surface area contributed by atoms with Crippen LogP contribution in [-0.2, 0) is 0 Å². The Hall–Kier alpha value is -2.24. The van der Waals surface area contributed by atoms with Crippen molar-refractivity contribution in [3.05, 3.63) is 66.7 Å². The quantitative estimate of drug-likeness (QED) is 0.464. The summed E-state index contributed by atoms with van der Waals surface area (Å²) >= 11 is -0.0602. The molecule has 2 aromatic rings. The molecule has 0 saturated carbocycles. The topological polar surface area (TPSA) is 86.3 Å². The number of rotatable bonds is 4. The number of nitro benzene ring substituents is 2. The van der Waals surface area contributed by atoms with Gasteiger partial charge in [-0.1, -0.05) is 0 Å². The molecule has 120 valence electrons. The van der Waals surface area contributed by atoms with Gasteiger partial charge in [-0.25, -0.2) is 0 Å². The maximum atomic E-state index is 11.0. The normalized spacial score (nSPS) is 10.6. The van der Waals surface area contributed by atoms with E-state index in [1.807, 2.05) is 24.3 Å². The Labute approximate surface area is 140 Å². The molecule has 0 amide bonds. The van der Waals surface area contributed by atoms with Crippen molar-refractivity contribution in [3.8, 4) is 0 Å². The van der Waals surface area contributed by atoms with E-state index in [-0.39, 0.29) is 36.2 Å². The van der Waals surface area contributed by atoms with E-state index < -0.39 is 0 Å². The molecule has 0 aromatic heterocycles. The number of nitro groups is 2. The van der Waals surface area contributed by atoms with Gasteiger partial charge in [-0.05, 0) is 0 Å². The molecular weight excluding hydrogens is 363 g/mol. The van der Waals surface area contributed by atoms with Crippen LogP contribution in [0.4, 0.5) is 11.4 Å². The molecule has 0 fully saturated rings. The third-order valence-electron chi connectivity index (χ3n) is 3.53. The zero-order valence-electron chi connectivity index (χ0n) is 13.2. The molecule has 0 radical (unpaired) electrons. The Morgan fingerprint density at radius 1 is 0.696 bits per heavy atom. The Kier molecular flexibility index (Phi) is 4.82. The van der Waals surface area contributed by atoms with Gasteiger partial charge in [0.15, 0.2) is 0 Å². The molecule has 0 atom stereocenters. The molecule has 0 heterocycles. The van der Waals surface area contributed by atoms with E-state index in [4.69, 9.17) is 0 Å². The second-order valence-electron chi connectivity index (χ2n) is 5.43. The van der Waals surface area contributed by atoms with Gasteiger partial charge in [0, 0.05) is 0 Å². The fourth-order valence-electron chi connectivity index (χ4n) is 2.66. The molecule has 0 saturated heterocycles. The van der Waals surface area contributed by atoms with Gasteiger partial charge >= 0.3 is 140 Å². The van der Waals surface area contributed by atoms with Crippen molar-refractivity contribution >= 4 is 35.3 Å². The first-order chi connectivity index (χ1) is 10.7. The summed E-state index contributed by atoms with van der Waals surface area (Å²) in [6, 6.07) is 7.32. The van der Waals surface area contributed by atoms with Crippen LogP contribution in [0.3, 0.4) is 0 Å². The van der Waals surface area contributed by atoms with Crippen molar-refractivity contribution < 1.29 is 9.85 Å². The summed E-state index contributed by atoms with van der Waals surface area (Å²) in [6.45, 7) is 6.93. The first-order valence-electron chi connectivity index (χ1n) is 6.90. The third kappa shape index (κ3) is 3.57. The van der Waals surface area contributed by atoms with Crippen LogP contribution in [0.5, 0.6) is 0 Å². The van der Waals surface area contributed by atoms with Crippen LogP contribution in [0.15, 0.2) is 24.3 Å². The van der Waals surface area contributed by atoms with E-state index in [0.29, 0.717) is 22.3 Å². The van der Waals surface area contributed by atoms with E-state index in [2.05, 4.69) is 0 Å². The summed E-state index contributed by atoms with van der Waals surface area (Å²) in [5.41, 5.74) is 2.87. The van der Waals surface area contributed by atoms with Crippen molar-refractivity contribution in [2.24, 2.45) is 0 Å². The average Bonchev–Trinajstić information content (AvgIpc) is 2.35. The molecule has 23 heavy (non-hydrogen) atoms. The zero-order valence-corrected chi connectivity index (χ0v) is 15.0. The molecule has 6 nitrogen and oxygen atoms in total. The van der Waals surface area contributed by atoms with Crippen molar-refractivity contribution in [1.82, 2.24) is 0 Å². The van der Waals surface area contributed by atoms with Crippen molar-refractivity contribution in [1.29, 1.82) is 0 Å². The number of aryl methyl sites for hydroxylation is 4. The van der Waals surface area contributed by atoms with E-state index in [9.17, 15) is 20.2 Å². The number of hydrogen-bond acceptors (Lipinski definition) is 4. The van der Waals surface area contributed by atoms with Crippen LogP contribution in [-0.4, -0.2) is 24.8 Å². The minimum absolute atomic E-state index is 0.0602. The number of hydrogen-bond donors (Lipinski definition) is 0. The van der Waals surface area contributed by atoms with Gasteiger partial charge in [-0.2, -0.15) is 0 Å². The SMILES string of the molecule is Cc1cc([Se]c2cc(C)c([N+](=O)[O-])c(C)c2)cc(C)c1[N+](=O)[O-]. The Morgan fingerprint density at radius 2 is 0.957 bits per heavy atom. The van der Waals surface area contributed by atoms with E-state index >= 15 is 0 Å². The van der Waals surface area contributed by atoms with E-state index in [0.717, 1.165) is 8.92 Å². The standard InChI is InChI=1S/C16H16N2O4Se/c1-9-5-13(6-10(2)15(9)17(19)20)23-14-7-11(3)16(18(21)22)12(4)8-14/h5-8H,1-4H3. The monoisotopic (exact) mass is 380 g/mol. The van der Waals surface area contributed by atoms with Crippen LogP contribution in [0.2, 0.25) is 0 Å². The molecular formula is C16H16N2O4Se. The van der Waals surface area contributed by atoms with Crippen molar-refractivity contribution in [2.45, 2.75) is 27.7 Å². The second kappa shape index (κ2) is 6.48. The fraction of sp³-hybridized carbons (Fsp3) is 0.250. The van der Waals surface area contributed by atoms with Crippen LogP contribution in [0.1, 0.15) is 22.3 Å². The summed E-state index contributed by atoms with van der Waals surface area (Å²) in [5, 5.41) is 22.1. The van der Waals surface area contributed by atoms with Gasteiger partial charge < -0.3 is 0 Å². The fourth-order valence-corrected chi connectivity index (χ4v) is 5.21. The average molecular weight is 379 g/mol. The maximum absolute atomic E-state index is 11.0. The molecule has 0 aliphatic carbocycles. The van der Waals surface area contributed by atoms with Crippen LogP contribution in [0, 0.1) is 47.9 Å². The molecule has 0 bridgehead atoms. The van der Waals surface area contributed by atoms with Crippen LogP contribution < -0.4 is 8.92 Å². The molecule has 0 N–H and O–H groups in total. The van der Waals surface area contributed by atoms with Crippen LogP contribution in [0.25, 0.3) is 0 Å². The Morgan fingerprint density at radius 3 is 1.17 bits per heavy atom. The summed E-state index contributed by atoms with van der Waals surface area (Å²) in [4.78, 5) is 21.4.